The van der Waals surface area contributed by atoms with Gasteiger partial charge in [0.2, 0.25) is 0 Å². The van der Waals surface area contributed by atoms with Crippen LogP contribution in [0.4, 0.5) is 0 Å². The molecule has 1 N–H and O–H groups in total. The van der Waals surface area contributed by atoms with Gasteiger partial charge >= 0.3 is 0 Å². The summed E-state index contributed by atoms with van der Waals surface area (Å²) in [5, 5.41) is 17.8. The zero-order valence-electron chi connectivity index (χ0n) is 10.8. The molecule has 0 spiro atoms. The van der Waals surface area contributed by atoms with Crippen molar-refractivity contribution in [3.05, 3.63) is 65.2 Å². The van der Waals surface area contributed by atoms with Gasteiger partial charge in [0.25, 0.3) is 0 Å². The maximum atomic E-state index is 9.01. The van der Waals surface area contributed by atoms with Crippen LogP contribution in [0.3, 0.4) is 0 Å². The lowest BCUT2D eigenvalue weighted by Gasteiger charge is -2.09. The molecule has 2 aromatic carbocycles. The number of rotatable bonds is 3. The van der Waals surface area contributed by atoms with Crippen molar-refractivity contribution in [2.24, 2.45) is 0 Å². The van der Waals surface area contributed by atoms with Crippen LogP contribution in [0.25, 0.3) is 0 Å². The number of ether oxygens (including phenoxy) is 1. The maximum Gasteiger partial charge on any atom is 0.137 e. The summed E-state index contributed by atoms with van der Waals surface area (Å²) in [4.78, 5) is 0. The van der Waals surface area contributed by atoms with E-state index < -0.39 is 0 Å². The average Bonchev–Trinajstić information content (AvgIpc) is 2.52. The van der Waals surface area contributed by atoms with Crippen LogP contribution in [0.1, 0.15) is 16.7 Å². The molecule has 0 heterocycles. The number of nitriles is 1. The maximum absolute atomic E-state index is 9.01. The third-order valence-corrected chi connectivity index (χ3v) is 2.71. The third-order valence-electron chi connectivity index (χ3n) is 2.71. The van der Waals surface area contributed by atoms with Gasteiger partial charge in [-0.3, -0.25) is 0 Å². The van der Waals surface area contributed by atoms with Crippen molar-refractivity contribution in [2.75, 3.05) is 6.61 Å². The quantitative estimate of drug-likeness (QED) is 0.865. The Bertz CT molecular complexity index is 690. The zero-order valence-corrected chi connectivity index (χ0v) is 10.8. The molecule has 2 rings (SSSR count). The fourth-order valence-electron chi connectivity index (χ4n) is 1.74. The molecule has 0 amide bonds. The predicted molar refractivity (Wildman–Crippen MR) is 75.9 cm³/mol. The molecule has 0 saturated heterocycles. The monoisotopic (exact) mass is 263 g/mol. The van der Waals surface area contributed by atoms with E-state index >= 15 is 0 Å². The molecule has 98 valence electrons. The van der Waals surface area contributed by atoms with Crippen LogP contribution in [0, 0.1) is 23.2 Å². The van der Waals surface area contributed by atoms with E-state index in [0.29, 0.717) is 17.9 Å². The summed E-state index contributed by atoms with van der Waals surface area (Å²) >= 11 is 0. The number of aliphatic hydroxyl groups excluding tert-OH is 1. The van der Waals surface area contributed by atoms with Crippen molar-refractivity contribution >= 4 is 0 Å². The lowest BCUT2D eigenvalue weighted by atomic mass is 10.1. The molecule has 0 unspecified atom stereocenters. The first-order valence-corrected chi connectivity index (χ1v) is 6.14. The van der Waals surface area contributed by atoms with Crippen LogP contribution in [0.5, 0.6) is 5.75 Å². The Morgan fingerprint density at radius 1 is 1.00 bits per heavy atom. The first-order valence-electron chi connectivity index (χ1n) is 6.14. The van der Waals surface area contributed by atoms with Gasteiger partial charge in [-0.05, 0) is 18.2 Å². The molecule has 0 radical (unpaired) electrons. The second-order valence-electron chi connectivity index (χ2n) is 4.01. The molecule has 0 saturated carbocycles. The van der Waals surface area contributed by atoms with E-state index in [2.05, 4.69) is 17.9 Å². The van der Waals surface area contributed by atoms with Gasteiger partial charge in [-0.2, -0.15) is 5.26 Å². The summed E-state index contributed by atoms with van der Waals surface area (Å²) in [5.74, 6) is 6.06. The molecule has 2 aromatic rings. The summed E-state index contributed by atoms with van der Waals surface area (Å²) in [6, 6.07) is 16.8. The second-order valence-corrected chi connectivity index (χ2v) is 4.01. The normalized spacial score (nSPS) is 9.20. The van der Waals surface area contributed by atoms with Crippen molar-refractivity contribution < 1.29 is 9.84 Å². The minimum atomic E-state index is -0.174. The minimum absolute atomic E-state index is 0.174. The van der Waals surface area contributed by atoms with Crippen molar-refractivity contribution in [3.63, 3.8) is 0 Å². The highest BCUT2D eigenvalue weighted by molar-refractivity contribution is 5.44. The number of aliphatic hydroxyl groups is 1. The molecule has 0 atom stereocenters. The van der Waals surface area contributed by atoms with Gasteiger partial charge in [-0.25, -0.2) is 0 Å². The largest absolute Gasteiger partial charge is 0.487 e. The van der Waals surface area contributed by atoms with E-state index in [4.69, 9.17) is 15.1 Å². The Morgan fingerprint density at radius 2 is 1.70 bits per heavy atom. The van der Waals surface area contributed by atoms with Crippen LogP contribution in [0.2, 0.25) is 0 Å². The summed E-state index contributed by atoms with van der Waals surface area (Å²) in [6.07, 6.45) is 0. The Morgan fingerprint density at radius 3 is 2.45 bits per heavy atom. The summed E-state index contributed by atoms with van der Waals surface area (Å²) in [6.45, 7) is 0.154. The SMILES string of the molecule is N#Cc1ccccc1OCc1ccccc1C#CCO. The fraction of sp³-hybridized carbons (Fsp3) is 0.118. The molecule has 0 aliphatic rings. The highest BCUT2D eigenvalue weighted by Crippen LogP contribution is 2.19. The molecule has 3 nitrogen and oxygen atoms in total. The number of para-hydroxylation sites is 1. The molecular formula is C17H13NO2. The zero-order chi connectivity index (χ0) is 14.2. The van der Waals surface area contributed by atoms with Crippen molar-refractivity contribution in [1.29, 1.82) is 5.26 Å². The van der Waals surface area contributed by atoms with E-state index in [9.17, 15) is 0 Å². The standard InChI is InChI=1S/C17H13NO2/c18-12-15-7-3-4-10-17(15)20-13-16-8-2-1-6-14(16)9-5-11-19/h1-4,6-8,10,19H,11,13H2. The highest BCUT2D eigenvalue weighted by atomic mass is 16.5. The molecular weight excluding hydrogens is 250 g/mol. The smallest absolute Gasteiger partial charge is 0.137 e. The van der Waals surface area contributed by atoms with Gasteiger partial charge < -0.3 is 9.84 Å². The van der Waals surface area contributed by atoms with Crippen molar-refractivity contribution in [2.45, 2.75) is 6.61 Å². The fourth-order valence-corrected chi connectivity index (χ4v) is 1.74. The number of hydrogen-bond acceptors (Lipinski definition) is 3. The number of benzene rings is 2. The van der Waals surface area contributed by atoms with Gasteiger partial charge in [0.15, 0.2) is 0 Å². The molecule has 0 bridgehead atoms. The summed E-state index contributed by atoms with van der Waals surface area (Å²) in [7, 11) is 0. The van der Waals surface area contributed by atoms with Gasteiger partial charge in [0, 0.05) is 11.1 Å². The van der Waals surface area contributed by atoms with Gasteiger partial charge in [0.05, 0.1) is 5.56 Å². The first kappa shape index (κ1) is 13.7. The number of nitrogens with zero attached hydrogens (tertiary/aromatic N) is 1. The van der Waals surface area contributed by atoms with E-state index in [1.54, 1.807) is 18.2 Å². The lowest BCUT2D eigenvalue weighted by Crippen LogP contribution is -1.99. The van der Waals surface area contributed by atoms with Gasteiger partial charge in [-0.1, -0.05) is 42.2 Å². The summed E-state index contributed by atoms with van der Waals surface area (Å²) in [5.41, 5.74) is 2.24. The van der Waals surface area contributed by atoms with Crippen molar-refractivity contribution in [3.8, 4) is 23.7 Å². The number of hydrogen-bond donors (Lipinski definition) is 1. The third kappa shape index (κ3) is 3.38. The van der Waals surface area contributed by atoms with Crippen molar-refractivity contribution in [1.82, 2.24) is 0 Å². The Labute approximate surface area is 118 Å². The molecule has 0 aliphatic carbocycles. The van der Waals surface area contributed by atoms with Crippen LogP contribution in [-0.2, 0) is 6.61 Å². The van der Waals surface area contributed by atoms with Crippen LogP contribution in [0.15, 0.2) is 48.5 Å². The lowest BCUT2D eigenvalue weighted by molar-refractivity contribution is 0.305. The molecule has 0 fully saturated rings. The van der Waals surface area contributed by atoms with E-state index in [1.165, 1.54) is 0 Å². The predicted octanol–water partition coefficient (Wildman–Crippen LogP) is 2.48. The Balaban J connectivity index is 2.17. The molecule has 0 aromatic heterocycles. The molecule has 0 aliphatic heterocycles. The summed E-state index contributed by atoms with van der Waals surface area (Å²) < 4.78 is 5.68. The Kier molecular flexibility index (Phi) is 4.78. The molecule has 20 heavy (non-hydrogen) atoms. The van der Waals surface area contributed by atoms with Crippen LogP contribution < -0.4 is 4.74 Å². The van der Waals surface area contributed by atoms with E-state index in [-0.39, 0.29) is 6.61 Å². The van der Waals surface area contributed by atoms with E-state index in [1.807, 2.05) is 30.3 Å². The molecule has 3 heteroatoms. The first-order chi connectivity index (χ1) is 9.85. The van der Waals surface area contributed by atoms with E-state index in [0.717, 1.165) is 11.1 Å². The average molecular weight is 263 g/mol. The topological polar surface area (TPSA) is 53.2 Å². The highest BCUT2D eigenvalue weighted by Gasteiger charge is 2.04. The van der Waals surface area contributed by atoms with Crippen LogP contribution >= 0.6 is 0 Å². The van der Waals surface area contributed by atoms with Gasteiger partial charge in [-0.15, -0.1) is 0 Å². The minimum Gasteiger partial charge on any atom is -0.487 e. The Hall–Kier alpha value is -2.75. The van der Waals surface area contributed by atoms with Crippen LogP contribution in [-0.4, -0.2) is 11.7 Å². The van der Waals surface area contributed by atoms with Gasteiger partial charge in [0.1, 0.15) is 25.0 Å². The second kappa shape index (κ2) is 6.99.